The van der Waals surface area contributed by atoms with Gasteiger partial charge in [-0.3, -0.25) is 9.80 Å². The van der Waals surface area contributed by atoms with Crippen LogP contribution in [0, 0.1) is 5.82 Å². The van der Waals surface area contributed by atoms with E-state index < -0.39 is 11.8 Å². The molecule has 0 spiro atoms. The number of fused-ring (bicyclic) bond motifs is 1. The van der Waals surface area contributed by atoms with E-state index in [-0.39, 0.29) is 17.5 Å². The number of rotatable bonds is 7. The van der Waals surface area contributed by atoms with E-state index in [0.29, 0.717) is 41.2 Å². The number of nitrogens with zero attached hydrogens (tertiary/aromatic N) is 3. The second kappa shape index (κ2) is 11.6. The molecule has 0 bridgehead atoms. The van der Waals surface area contributed by atoms with Gasteiger partial charge in [-0.2, -0.15) is 0 Å². The van der Waals surface area contributed by atoms with E-state index in [1.54, 1.807) is 26.2 Å². The van der Waals surface area contributed by atoms with Gasteiger partial charge < -0.3 is 14.0 Å². The minimum atomic E-state index is -0.504. The number of aromatic nitrogens is 1. The van der Waals surface area contributed by atoms with Crippen LogP contribution in [0.2, 0.25) is 5.02 Å². The Hall–Kier alpha value is -3.62. The van der Waals surface area contributed by atoms with E-state index in [2.05, 4.69) is 5.01 Å². The van der Waals surface area contributed by atoms with Gasteiger partial charge in [0.1, 0.15) is 11.6 Å². The predicted octanol–water partition coefficient (Wildman–Crippen LogP) is 5.92. The number of carbonyl (C=O) groups is 2. The van der Waals surface area contributed by atoms with Crippen LogP contribution >= 0.6 is 11.6 Å². The fraction of sp³-hybridized carbons (Fsp3) is 0.333. The largest absolute Gasteiger partial charge is 0.497 e. The van der Waals surface area contributed by atoms with Crippen LogP contribution in [0.4, 0.5) is 4.39 Å². The predicted molar refractivity (Wildman–Crippen MR) is 149 cm³/mol. The minimum Gasteiger partial charge on any atom is -0.497 e. The zero-order chi connectivity index (χ0) is 27.5. The Morgan fingerprint density at radius 3 is 2.49 bits per heavy atom. The van der Waals surface area contributed by atoms with E-state index in [1.165, 1.54) is 18.2 Å². The first-order valence-corrected chi connectivity index (χ1v) is 13.6. The summed E-state index contributed by atoms with van der Waals surface area (Å²) in [7, 11) is 1.59. The molecule has 2 aliphatic heterocycles. The first kappa shape index (κ1) is 27.0. The number of amides is 1. The number of halogens is 2. The van der Waals surface area contributed by atoms with Crippen LogP contribution < -0.4 is 4.74 Å². The van der Waals surface area contributed by atoms with Gasteiger partial charge in [0.2, 0.25) is 0 Å². The van der Waals surface area contributed by atoms with E-state index >= 15 is 0 Å². The molecule has 0 atom stereocenters. The van der Waals surface area contributed by atoms with Gasteiger partial charge in [0.05, 0.1) is 35.7 Å². The van der Waals surface area contributed by atoms with Crippen molar-refractivity contribution < 1.29 is 23.5 Å². The van der Waals surface area contributed by atoms with E-state index in [4.69, 9.17) is 21.1 Å². The highest BCUT2D eigenvalue weighted by Crippen LogP contribution is 2.41. The molecule has 9 heteroatoms. The quantitative estimate of drug-likeness (QED) is 0.269. The molecule has 0 unspecified atom stereocenters. The van der Waals surface area contributed by atoms with Crippen LogP contribution in [0.25, 0.3) is 23.0 Å². The Bertz CT molecular complexity index is 1410. The molecule has 1 fully saturated rings. The molecule has 7 nitrogen and oxygen atoms in total. The molecule has 3 aromatic rings. The number of hydrogen-bond donors (Lipinski definition) is 0. The summed E-state index contributed by atoms with van der Waals surface area (Å²) < 4.78 is 26.5. The van der Waals surface area contributed by atoms with Crippen LogP contribution in [0.15, 0.2) is 48.5 Å². The van der Waals surface area contributed by atoms with Gasteiger partial charge in [0, 0.05) is 43.4 Å². The van der Waals surface area contributed by atoms with Crippen molar-refractivity contribution in [1.29, 1.82) is 0 Å². The topological polar surface area (TPSA) is 64.0 Å². The van der Waals surface area contributed by atoms with Crippen LogP contribution in [0.3, 0.4) is 0 Å². The smallest absolute Gasteiger partial charge is 0.330 e. The molecule has 39 heavy (non-hydrogen) atoms. The molecule has 0 saturated carbocycles. The Morgan fingerprint density at radius 1 is 1.08 bits per heavy atom. The monoisotopic (exact) mass is 551 g/mol. The van der Waals surface area contributed by atoms with Gasteiger partial charge >= 0.3 is 5.97 Å². The molecule has 2 aromatic carbocycles. The number of ether oxygens (including phenoxy) is 2. The van der Waals surface area contributed by atoms with Crippen molar-refractivity contribution in [1.82, 2.24) is 14.6 Å². The first-order valence-electron chi connectivity index (χ1n) is 13.2. The van der Waals surface area contributed by atoms with Crippen LogP contribution in [0.1, 0.15) is 47.8 Å². The van der Waals surface area contributed by atoms with Crippen LogP contribution in [-0.2, 0) is 16.0 Å². The number of carbonyl (C=O) groups excluding carboxylic acids is 2. The lowest BCUT2D eigenvalue weighted by molar-refractivity contribution is -0.137. The molecule has 0 N–H and O–H groups in total. The third-order valence-corrected chi connectivity index (χ3v) is 7.48. The van der Waals surface area contributed by atoms with Crippen molar-refractivity contribution in [3.05, 3.63) is 76.2 Å². The Kier molecular flexibility index (Phi) is 8.04. The highest BCUT2D eigenvalue weighted by atomic mass is 35.5. The van der Waals surface area contributed by atoms with Gasteiger partial charge in [-0.15, -0.1) is 0 Å². The fourth-order valence-corrected chi connectivity index (χ4v) is 5.67. The highest BCUT2D eigenvalue weighted by Gasteiger charge is 2.37. The maximum Gasteiger partial charge on any atom is 0.330 e. The summed E-state index contributed by atoms with van der Waals surface area (Å²) >= 11 is 6.60. The molecule has 2 aliphatic rings. The molecule has 1 aromatic heterocycles. The zero-order valence-corrected chi connectivity index (χ0v) is 22.8. The summed E-state index contributed by atoms with van der Waals surface area (Å²) in [5, 5.41) is 4.18. The third-order valence-electron chi connectivity index (χ3n) is 7.18. The van der Waals surface area contributed by atoms with Gasteiger partial charge in [-0.05, 0) is 73.9 Å². The molecular weight excluding hydrogens is 521 g/mol. The van der Waals surface area contributed by atoms with Crippen molar-refractivity contribution in [2.45, 2.75) is 32.6 Å². The molecule has 0 aliphatic carbocycles. The second-order valence-electron chi connectivity index (χ2n) is 9.52. The van der Waals surface area contributed by atoms with Gasteiger partial charge in [-0.25, -0.2) is 14.2 Å². The summed E-state index contributed by atoms with van der Waals surface area (Å²) in [5.74, 6) is -0.410. The Labute approximate surface area is 232 Å². The maximum absolute atomic E-state index is 14.2. The summed E-state index contributed by atoms with van der Waals surface area (Å²) in [5.41, 5.74) is 3.84. The fourth-order valence-electron chi connectivity index (χ4n) is 5.41. The van der Waals surface area contributed by atoms with Crippen molar-refractivity contribution in [3.8, 4) is 22.7 Å². The number of benzene rings is 2. The molecule has 1 saturated heterocycles. The number of hydrazine groups is 1. The van der Waals surface area contributed by atoms with Gasteiger partial charge in [0.25, 0.3) is 5.91 Å². The highest BCUT2D eigenvalue weighted by molar-refractivity contribution is 6.32. The summed E-state index contributed by atoms with van der Waals surface area (Å²) in [4.78, 5) is 26.6. The molecule has 204 valence electrons. The lowest BCUT2D eigenvalue weighted by Crippen LogP contribution is -2.51. The second-order valence-corrected chi connectivity index (χ2v) is 9.93. The lowest BCUT2D eigenvalue weighted by Gasteiger charge is -2.39. The van der Waals surface area contributed by atoms with Gasteiger partial charge in [0.15, 0.2) is 0 Å². The van der Waals surface area contributed by atoms with Crippen LogP contribution in [0.5, 0.6) is 5.75 Å². The van der Waals surface area contributed by atoms with E-state index in [9.17, 15) is 14.0 Å². The average molecular weight is 552 g/mol. The molecule has 0 radical (unpaired) electrons. The molecule has 5 rings (SSSR count). The lowest BCUT2D eigenvalue weighted by atomic mass is 9.99. The number of esters is 1. The maximum atomic E-state index is 14.2. The molecule has 3 heterocycles. The molecule has 1 amide bonds. The average Bonchev–Trinajstić information content (AvgIpc) is 3.27. The summed E-state index contributed by atoms with van der Waals surface area (Å²) in [6.07, 6.45) is 6.77. The zero-order valence-electron chi connectivity index (χ0n) is 22.1. The van der Waals surface area contributed by atoms with Crippen LogP contribution in [-0.4, -0.2) is 59.8 Å². The van der Waals surface area contributed by atoms with E-state index in [0.717, 1.165) is 43.6 Å². The van der Waals surface area contributed by atoms with Crippen molar-refractivity contribution >= 4 is 29.6 Å². The standard InChI is InChI=1S/C30H31ClFN3O4/c1-3-39-27(36)14-12-23-28-26(15-18-34(30(28)37)33-16-5-4-6-17-33)35(25-13-9-21(32)19-24(25)31)29(23)20-7-10-22(38-2)11-8-20/h7-14,19H,3-6,15-18H2,1-2H3. The number of piperidine rings is 1. The normalized spacial score (nSPS) is 16.0. The van der Waals surface area contributed by atoms with E-state index in [1.807, 2.05) is 33.8 Å². The minimum absolute atomic E-state index is 0.131. The summed E-state index contributed by atoms with van der Waals surface area (Å²) in [6, 6.07) is 11.7. The SMILES string of the molecule is CCOC(=O)C=Cc1c2c(n(-c3ccc(F)cc3Cl)c1-c1ccc(OC)cc1)CCN(N1CCCCC1)C2=O. The number of hydrogen-bond acceptors (Lipinski definition) is 5. The Balaban J connectivity index is 1.77. The number of methoxy groups -OCH3 is 1. The van der Waals surface area contributed by atoms with Crippen molar-refractivity contribution in [3.63, 3.8) is 0 Å². The third kappa shape index (κ3) is 5.31. The Morgan fingerprint density at radius 2 is 1.82 bits per heavy atom. The first-order chi connectivity index (χ1) is 18.9. The molecular formula is C30H31ClFN3O4. The van der Waals surface area contributed by atoms with Crippen molar-refractivity contribution in [2.24, 2.45) is 0 Å². The van der Waals surface area contributed by atoms with Gasteiger partial charge in [-0.1, -0.05) is 18.0 Å². The van der Waals surface area contributed by atoms with Crippen molar-refractivity contribution in [2.75, 3.05) is 33.4 Å². The summed E-state index contributed by atoms with van der Waals surface area (Å²) in [6.45, 7) is 4.14.